The number of para-hydroxylation sites is 1. The predicted octanol–water partition coefficient (Wildman–Crippen LogP) is 2.01. The number of benzene rings is 2. The first kappa shape index (κ1) is 13.5. The molecule has 0 aliphatic carbocycles. The number of rotatable bonds is 4. The number of aliphatic carboxylic acids is 1. The number of carboxylic acid groups (broad SMARTS) is 1. The molecule has 6 nitrogen and oxygen atoms in total. The molecule has 2 rings (SSSR count). The van der Waals surface area contributed by atoms with E-state index in [2.05, 4.69) is 0 Å². The van der Waals surface area contributed by atoms with Gasteiger partial charge >= 0.3 is 5.97 Å². The van der Waals surface area contributed by atoms with Gasteiger partial charge < -0.3 is 25.2 Å². The van der Waals surface area contributed by atoms with Crippen molar-refractivity contribution in [2.45, 2.75) is 6.10 Å². The zero-order valence-electron chi connectivity index (χ0n) is 10.2. The lowest BCUT2D eigenvalue weighted by Gasteiger charge is -2.17. The van der Waals surface area contributed by atoms with Crippen LogP contribution >= 0.6 is 0 Å². The van der Waals surface area contributed by atoms with Crippen LogP contribution in [0.5, 0.6) is 23.0 Å². The summed E-state index contributed by atoms with van der Waals surface area (Å²) in [7, 11) is 0. The minimum absolute atomic E-state index is 0.156. The lowest BCUT2D eigenvalue weighted by molar-refractivity contribution is -0.145. The second-order valence-electron chi connectivity index (χ2n) is 4.02. The highest BCUT2D eigenvalue weighted by molar-refractivity contribution is 5.77. The van der Waals surface area contributed by atoms with Gasteiger partial charge in [0.2, 0.25) is 11.9 Å². The molecule has 0 saturated heterocycles. The Kier molecular flexibility index (Phi) is 3.65. The summed E-state index contributed by atoms with van der Waals surface area (Å²) in [6.07, 6.45) is -1.51. The van der Waals surface area contributed by atoms with Gasteiger partial charge in [0.25, 0.3) is 0 Å². The lowest BCUT2D eigenvalue weighted by Crippen LogP contribution is -2.18. The second kappa shape index (κ2) is 5.40. The van der Waals surface area contributed by atoms with E-state index < -0.39 is 29.3 Å². The van der Waals surface area contributed by atoms with Gasteiger partial charge in [-0.05, 0) is 24.3 Å². The summed E-state index contributed by atoms with van der Waals surface area (Å²) in [5.41, 5.74) is -0.156. The number of carbonyl (C=O) groups is 1. The summed E-state index contributed by atoms with van der Waals surface area (Å²) < 4.78 is 5.29. The van der Waals surface area contributed by atoms with Crippen LogP contribution in [-0.4, -0.2) is 26.4 Å². The van der Waals surface area contributed by atoms with Crippen LogP contribution in [0.25, 0.3) is 0 Å². The molecule has 6 heteroatoms. The minimum atomic E-state index is -1.51. The van der Waals surface area contributed by atoms with E-state index in [1.165, 1.54) is 6.07 Å². The third-order valence-electron chi connectivity index (χ3n) is 2.67. The number of carboxylic acids is 1. The normalized spacial score (nSPS) is 11.8. The van der Waals surface area contributed by atoms with Crippen LogP contribution in [0, 0.1) is 0 Å². The highest BCUT2D eigenvalue weighted by Gasteiger charge is 2.27. The Morgan fingerprint density at radius 3 is 2.20 bits per heavy atom. The summed E-state index contributed by atoms with van der Waals surface area (Å²) in [6.45, 7) is 0. The highest BCUT2D eigenvalue weighted by atomic mass is 16.5. The fourth-order valence-corrected chi connectivity index (χ4v) is 1.68. The molecule has 4 N–H and O–H groups in total. The van der Waals surface area contributed by atoms with E-state index in [0.29, 0.717) is 5.75 Å². The van der Waals surface area contributed by atoms with Crippen molar-refractivity contribution in [3.63, 3.8) is 0 Å². The van der Waals surface area contributed by atoms with E-state index in [9.17, 15) is 25.2 Å². The quantitative estimate of drug-likeness (QED) is 0.636. The Balaban J connectivity index is 2.40. The molecule has 0 saturated carbocycles. The highest BCUT2D eigenvalue weighted by Crippen LogP contribution is 2.40. The monoisotopic (exact) mass is 276 g/mol. The van der Waals surface area contributed by atoms with Crippen molar-refractivity contribution in [2.75, 3.05) is 0 Å². The van der Waals surface area contributed by atoms with Crippen molar-refractivity contribution in [1.82, 2.24) is 0 Å². The molecule has 0 aliphatic heterocycles. The van der Waals surface area contributed by atoms with Gasteiger partial charge in [-0.3, -0.25) is 0 Å². The Morgan fingerprint density at radius 2 is 1.60 bits per heavy atom. The van der Waals surface area contributed by atoms with Crippen LogP contribution in [0.2, 0.25) is 0 Å². The molecule has 2 aromatic carbocycles. The number of aromatic hydroxyl groups is 3. The van der Waals surface area contributed by atoms with Gasteiger partial charge in [-0.15, -0.1) is 0 Å². The zero-order chi connectivity index (χ0) is 14.7. The van der Waals surface area contributed by atoms with Crippen molar-refractivity contribution in [2.24, 2.45) is 0 Å². The van der Waals surface area contributed by atoms with Crippen LogP contribution in [0.3, 0.4) is 0 Å². The summed E-state index contributed by atoms with van der Waals surface area (Å²) in [5.74, 6) is -3.10. The molecule has 0 bridgehead atoms. The van der Waals surface area contributed by atoms with Gasteiger partial charge in [0.05, 0.1) is 0 Å². The fourth-order valence-electron chi connectivity index (χ4n) is 1.68. The van der Waals surface area contributed by atoms with Crippen molar-refractivity contribution >= 4 is 5.97 Å². The molecule has 104 valence electrons. The molecular formula is C14H12O6. The van der Waals surface area contributed by atoms with Crippen LogP contribution in [0.15, 0.2) is 42.5 Å². The zero-order valence-corrected chi connectivity index (χ0v) is 10.2. The molecule has 0 aliphatic rings. The molecule has 1 unspecified atom stereocenters. The maximum Gasteiger partial charge on any atom is 0.349 e. The number of hydrogen-bond acceptors (Lipinski definition) is 5. The predicted molar refractivity (Wildman–Crippen MR) is 68.9 cm³/mol. The number of ether oxygens (including phenoxy) is 1. The summed E-state index contributed by atoms with van der Waals surface area (Å²) >= 11 is 0. The van der Waals surface area contributed by atoms with Crippen LogP contribution in [0.1, 0.15) is 11.7 Å². The molecule has 0 fully saturated rings. The van der Waals surface area contributed by atoms with E-state index in [1.54, 1.807) is 30.3 Å². The molecule has 20 heavy (non-hydrogen) atoms. The van der Waals surface area contributed by atoms with Gasteiger partial charge in [0.15, 0.2) is 11.5 Å². The van der Waals surface area contributed by atoms with Crippen molar-refractivity contribution in [1.29, 1.82) is 0 Å². The second-order valence-corrected chi connectivity index (χ2v) is 4.02. The largest absolute Gasteiger partial charge is 0.504 e. The Hall–Kier alpha value is -2.89. The Morgan fingerprint density at radius 1 is 0.950 bits per heavy atom. The van der Waals surface area contributed by atoms with Crippen molar-refractivity contribution in [3.05, 3.63) is 48.0 Å². The molecule has 0 radical (unpaired) electrons. The van der Waals surface area contributed by atoms with Crippen molar-refractivity contribution in [3.8, 4) is 23.0 Å². The van der Waals surface area contributed by atoms with Gasteiger partial charge in [-0.1, -0.05) is 18.2 Å². The SMILES string of the molecule is O=C(O)C(Oc1ccccc1)c1ccc(O)c(O)c1O. The summed E-state index contributed by atoms with van der Waals surface area (Å²) in [6, 6.07) is 10.5. The minimum Gasteiger partial charge on any atom is -0.504 e. The van der Waals surface area contributed by atoms with E-state index >= 15 is 0 Å². The third kappa shape index (κ3) is 2.59. The van der Waals surface area contributed by atoms with E-state index in [-0.39, 0.29) is 5.56 Å². The van der Waals surface area contributed by atoms with Gasteiger partial charge in [0, 0.05) is 5.56 Å². The van der Waals surface area contributed by atoms with Crippen LogP contribution in [-0.2, 0) is 4.79 Å². The average Bonchev–Trinajstić information content (AvgIpc) is 2.44. The first-order valence-corrected chi connectivity index (χ1v) is 5.69. The molecular weight excluding hydrogens is 264 g/mol. The Labute approximate surface area is 114 Å². The Bertz CT molecular complexity index is 623. The number of phenols is 3. The molecule has 0 heterocycles. The topological polar surface area (TPSA) is 107 Å². The summed E-state index contributed by atoms with van der Waals surface area (Å²) in [5, 5.41) is 37.6. The average molecular weight is 276 g/mol. The lowest BCUT2D eigenvalue weighted by atomic mass is 10.1. The maximum absolute atomic E-state index is 11.3. The standard InChI is InChI=1S/C14H12O6/c15-10-7-6-9(11(16)12(10)17)13(14(18)19)20-8-4-2-1-3-5-8/h1-7,13,15-17H,(H,18,19). The molecule has 1 atom stereocenters. The fraction of sp³-hybridized carbons (Fsp3) is 0.0714. The van der Waals surface area contributed by atoms with Crippen LogP contribution in [0.4, 0.5) is 0 Å². The molecule has 0 spiro atoms. The van der Waals surface area contributed by atoms with E-state index in [0.717, 1.165) is 6.07 Å². The van der Waals surface area contributed by atoms with Crippen molar-refractivity contribution < 1.29 is 30.0 Å². The van der Waals surface area contributed by atoms with E-state index in [4.69, 9.17) is 4.74 Å². The smallest absolute Gasteiger partial charge is 0.349 e. The number of hydrogen-bond donors (Lipinski definition) is 4. The third-order valence-corrected chi connectivity index (χ3v) is 2.67. The van der Waals surface area contributed by atoms with E-state index in [1.807, 2.05) is 0 Å². The van der Waals surface area contributed by atoms with Crippen LogP contribution < -0.4 is 4.74 Å². The summed E-state index contributed by atoms with van der Waals surface area (Å²) in [4.78, 5) is 11.3. The first-order chi connectivity index (χ1) is 9.50. The molecule has 2 aromatic rings. The molecule has 0 amide bonds. The van der Waals surface area contributed by atoms with Gasteiger partial charge in [-0.2, -0.15) is 0 Å². The maximum atomic E-state index is 11.3. The molecule has 0 aromatic heterocycles. The van der Waals surface area contributed by atoms with Gasteiger partial charge in [-0.25, -0.2) is 4.79 Å². The number of phenolic OH excluding ortho intramolecular Hbond substituents is 3. The van der Waals surface area contributed by atoms with Gasteiger partial charge in [0.1, 0.15) is 5.75 Å². The first-order valence-electron chi connectivity index (χ1n) is 5.69.